The molecule has 0 radical (unpaired) electrons. The highest BCUT2D eigenvalue weighted by atomic mass is 32.2. The molecule has 0 N–H and O–H groups in total. The van der Waals surface area contributed by atoms with E-state index in [1.807, 2.05) is 19.1 Å². The SMILES string of the molecule is CCOc1cc2c(Sc3cccc(C)c3)ncnc2cc1OC. The van der Waals surface area contributed by atoms with Crippen molar-refractivity contribution in [1.29, 1.82) is 0 Å². The van der Waals surface area contributed by atoms with Crippen molar-refractivity contribution in [1.82, 2.24) is 9.97 Å². The monoisotopic (exact) mass is 326 g/mol. The number of methoxy groups -OCH3 is 1. The van der Waals surface area contributed by atoms with Crippen LogP contribution in [0, 0.1) is 6.92 Å². The summed E-state index contributed by atoms with van der Waals surface area (Å²) in [6.07, 6.45) is 1.58. The highest BCUT2D eigenvalue weighted by molar-refractivity contribution is 7.99. The van der Waals surface area contributed by atoms with Gasteiger partial charge >= 0.3 is 0 Å². The minimum absolute atomic E-state index is 0.579. The molecule has 4 nitrogen and oxygen atoms in total. The van der Waals surface area contributed by atoms with Gasteiger partial charge in [0.2, 0.25) is 0 Å². The van der Waals surface area contributed by atoms with Crippen molar-refractivity contribution in [3.8, 4) is 11.5 Å². The van der Waals surface area contributed by atoms with Gasteiger partial charge in [-0.05, 0) is 32.0 Å². The molecule has 0 atom stereocenters. The zero-order chi connectivity index (χ0) is 16.2. The van der Waals surface area contributed by atoms with Crippen LogP contribution in [0.4, 0.5) is 0 Å². The summed E-state index contributed by atoms with van der Waals surface area (Å²) >= 11 is 1.62. The second-order valence-electron chi connectivity index (χ2n) is 5.05. The molecule has 0 amide bonds. The molecule has 3 rings (SSSR count). The highest BCUT2D eigenvalue weighted by Crippen LogP contribution is 2.37. The molecule has 0 saturated carbocycles. The third-order valence-electron chi connectivity index (χ3n) is 3.39. The lowest BCUT2D eigenvalue weighted by atomic mass is 10.2. The van der Waals surface area contributed by atoms with Gasteiger partial charge in [0.05, 0.1) is 19.2 Å². The summed E-state index contributed by atoms with van der Waals surface area (Å²) in [4.78, 5) is 9.95. The molecule has 0 aliphatic rings. The van der Waals surface area contributed by atoms with Gasteiger partial charge in [0.1, 0.15) is 11.4 Å². The number of aromatic nitrogens is 2. The van der Waals surface area contributed by atoms with E-state index in [9.17, 15) is 0 Å². The summed E-state index contributed by atoms with van der Waals surface area (Å²) in [5.41, 5.74) is 2.07. The first-order valence-electron chi connectivity index (χ1n) is 7.41. The first kappa shape index (κ1) is 15.6. The fourth-order valence-electron chi connectivity index (χ4n) is 2.34. The lowest BCUT2D eigenvalue weighted by molar-refractivity contribution is 0.311. The van der Waals surface area contributed by atoms with Crippen LogP contribution < -0.4 is 9.47 Å². The summed E-state index contributed by atoms with van der Waals surface area (Å²) in [5, 5.41) is 1.87. The standard InChI is InChI=1S/C18H18N2O2S/c1-4-22-17-9-14-15(10-16(17)21-3)19-11-20-18(14)23-13-7-5-6-12(2)8-13/h5-11H,4H2,1-3H3. The van der Waals surface area contributed by atoms with E-state index < -0.39 is 0 Å². The number of hydrogen-bond acceptors (Lipinski definition) is 5. The van der Waals surface area contributed by atoms with Gasteiger partial charge in [-0.3, -0.25) is 0 Å². The third-order valence-corrected chi connectivity index (χ3v) is 4.40. The van der Waals surface area contributed by atoms with Gasteiger partial charge < -0.3 is 9.47 Å². The number of nitrogens with zero attached hydrogens (tertiary/aromatic N) is 2. The maximum atomic E-state index is 5.67. The van der Waals surface area contributed by atoms with Crippen LogP contribution in [0.25, 0.3) is 10.9 Å². The summed E-state index contributed by atoms with van der Waals surface area (Å²) in [6, 6.07) is 12.2. The fourth-order valence-corrected chi connectivity index (χ4v) is 3.33. The molecule has 1 aromatic heterocycles. The van der Waals surface area contributed by atoms with E-state index in [0.29, 0.717) is 18.1 Å². The zero-order valence-corrected chi connectivity index (χ0v) is 14.2. The van der Waals surface area contributed by atoms with Crippen molar-refractivity contribution in [2.45, 2.75) is 23.8 Å². The molecule has 118 valence electrons. The highest BCUT2D eigenvalue weighted by Gasteiger charge is 2.12. The molecule has 1 heterocycles. The van der Waals surface area contributed by atoms with Crippen molar-refractivity contribution in [3.05, 3.63) is 48.3 Å². The number of fused-ring (bicyclic) bond motifs is 1. The molecule has 0 unspecified atom stereocenters. The molecule has 5 heteroatoms. The number of benzene rings is 2. The topological polar surface area (TPSA) is 44.2 Å². The Labute approximate surface area is 139 Å². The van der Waals surface area contributed by atoms with E-state index in [0.717, 1.165) is 20.8 Å². The predicted molar refractivity (Wildman–Crippen MR) is 92.6 cm³/mol. The van der Waals surface area contributed by atoms with Gasteiger partial charge in [-0.2, -0.15) is 0 Å². The maximum Gasteiger partial charge on any atom is 0.162 e. The Bertz CT molecular complexity index is 836. The maximum absolute atomic E-state index is 5.67. The molecule has 0 saturated heterocycles. The lowest BCUT2D eigenvalue weighted by Gasteiger charge is -2.12. The van der Waals surface area contributed by atoms with Crippen LogP contribution in [0.2, 0.25) is 0 Å². The second-order valence-corrected chi connectivity index (χ2v) is 6.11. The van der Waals surface area contributed by atoms with Gasteiger partial charge in [-0.25, -0.2) is 9.97 Å². The average molecular weight is 326 g/mol. The largest absolute Gasteiger partial charge is 0.493 e. The van der Waals surface area contributed by atoms with E-state index in [2.05, 4.69) is 41.2 Å². The van der Waals surface area contributed by atoms with Crippen molar-refractivity contribution in [3.63, 3.8) is 0 Å². The predicted octanol–water partition coefficient (Wildman–Crippen LogP) is 4.50. The number of ether oxygens (including phenoxy) is 2. The minimum Gasteiger partial charge on any atom is -0.493 e. The Hall–Kier alpha value is -2.27. The van der Waals surface area contributed by atoms with E-state index >= 15 is 0 Å². The van der Waals surface area contributed by atoms with E-state index in [1.165, 1.54) is 5.56 Å². The van der Waals surface area contributed by atoms with E-state index in [-0.39, 0.29) is 0 Å². The van der Waals surface area contributed by atoms with Crippen LogP contribution in [0.1, 0.15) is 12.5 Å². The normalized spacial score (nSPS) is 10.7. The first-order valence-corrected chi connectivity index (χ1v) is 8.23. The Morgan fingerprint density at radius 3 is 2.70 bits per heavy atom. The van der Waals surface area contributed by atoms with Crippen molar-refractivity contribution in [2.24, 2.45) is 0 Å². The van der Waals surface area contributed by atoms with Crippen molar-refractivity contribution in [2.75, 3.05) is 13.7 Å². The first-order chi connectivity index (χ1) is 11.2. The number of hydrogen-bond donors (Lipinski definition) is 0. The van der Waals surface area contributed by atoms with Crippen LogP contribution in [-0.4, -0.2) is 23.7 Å². The van der Waals surface area contributed by atoms with Crippen LogP contribution in [-0.2, 0) is 0 Å². The average Bonchev–Trinajstić information content (AvgIpc) is 2.55. The molecular weight excluding hydrogens is 308 g/mol. The Morgan fingerprint density at radius 2 is 1.96 bits per heavy atom. The van der Waals surface area contributed by atoms with Crippen LogP contribution >= 0.6 is 11.8 Å². The number of aryl methyl sites for hydroxylation is 1. The van der Waals surface area contributed by atoms with Crippen LogP contribution in [0.5, 0.6) is 11.5 Å². The molecule has 0 bridgehead atoms. The summed E-state index contributed by atoms with van der Waals surface area (Å²) in [7, 11) is 1.63. The molecule has 3 aromatic rings. The molecule has 0 aliphatic heterocycles. The molecule has 0 fully saturated rings. The lowest BCUT2D eigenvalue weighted by Crippen LogP contribution is -1.97. The van der Waals surface area contributed by atoms with Crippen LogP contribution in [0.15, 0.2) is 52.6 Å². The molecule has 23 heavy (non-hydrogen) atoms. The van der Waals surface area contributed by atoms with Gasteiger partial charge in [0.25, 0.3) is 0 Å². The molecule has 0 spiro atoms. The smallest absolute Gasteiger partial charge is 0.162 e. The van der Waals surface area contributed by atoms with E-state index in [4.69, 9.17) is 9.47 Å². The third kappa shape index (κ3) is 3.40. The van der Waals surface area contributed by atoms with Gasteiger partial charge in [0.15, 0.2) is 11.5 Å². The van der Waals surface area contributed by atoms with Gasteiger partial charge in [-0.1, -0.05) is 29.5 Å². The fraction of sp³-hybridized carbons (Fsp3) is 0.222. The Balaban J connectivity index is 2.08. The van der Waals surface area contributed by atoms with Crippen molar-refractivity contribution < 1.29 is 9.47 Å². The summed E-state index contributed by atoms with van der Waals surface area (Å²) in [6.45, 7) is 4.61. The summed E-state index contributed by atoms with van der Waals surface area (Å²) in [5.74, 6) is 1.40. The van der Waals surface area contributed by atoms with Gasteiger partial charge in [0, 0.05) is 16.3 Å². The second kappa shape index (κ2) is 6.87. The Kier molecular flexibility index (Phi) is 4.67. The summed E-state index contributed by atoms with van der Waals surface area (Å²) < 4.78 is 11.1. The molecule has 2 aromatic carbocycles. The quantitative estimate of drug-likeness (QED) is 0.646. The Morgan fingerprint density at radius 1 is 1.09 bits per heavy atom. The van der Waals surface area contributed by atoms with Crippen molar-refractivity contribution >= 4 is 22.7 Å². The van der Waals surface area contributed by atoms with Gasteiger partial charge in [-0.15, -0.1) is 0 Å². The van der Waals surface area contributed by atoms with Crippen LogP contribution in [0.3, 0.4) is 0 Å². The number of rotatable bonds is 5. The zero-order valence-electron chi connectivity index (χ0n) is 13.4. The molecular formula is C18H18N2O2S. The van der Waals surface area contributed by atoms with E-state index in [1.54, 1.807) is 25.2 Å². The molecule has 0 aliphatic carbocycles. The minimum atomic E-state index is 0.579.